The second-order valence-corrected chi connectivity index (χ2v) is 4.98. The summed E-state index contributed by atoms with van der Waals surface area (Å²) in [6.45, 7) is 1.83. The number of benzene rings is 1. The third-order valence-corrected chi connectivity index (χ3v) is 3.44. The van der Waals surface area contributed by atoms with Crippen molar-refractivity contribution >= 4 is 5.91 Å². The molecule has 23 heavy (non-hydrogen) atoms. The van der Waals surface area contributed by atoms with E-state index in [9.17, 15) is 9.59 Å². The first-order valence-electron chi connectivity index (χ1n) is 7.03. The minimum Gasteiger partial charge on any atom is -0.497 e. The lowest BCUT2D eigenvalue weighted by Crippen LogP contribution is -2.30. The van der Waals surface area contributed by atoms with Gasteiger partial charge in [0.05, 0.1) is 20.3 Å². The molecule has 122 valence electrons. The molecule has 0 saturated heterocycles. The summed E-state index contributed by atoms with van der Waals surface area (Å²) < 4.78 is 11.6. The van der Waals surface area contributed by atoms with Gasteiger partial charge in [0.1, 0.15) is 17.2 Å². The molecular formula is C16H19N3O4. The van der Waals surface area contributed by atoms with Crippen LogP contribution in [0.25, 0.3) is 0 Å². The van der Waals surface area contributed by atoms with Gasteiger partial charge in [-0.1, -0.05) is 0 Å². The van der Waals surface area contributed by atoms with Crippen LogP contribution in [-0.4, -0.2) is 29.9 Å². The largest absolute Gasteiger partial charge is 0.497 e. The lowest BCUT2D eigenvalue weighted by Gasteiger charge is -2.18. The number of amides is 1. The minimum absolute atomic E-state index is 0.167. The van der Waals surface area contributed by atoms with Gasteiger partial charge in [0.2, 0.25) is 0 Å². The summed E-state index contributed by atoms with van der Waals surface area (Å²) in [6, 6.07) is 7.74. The number of methoxy groups -OCH3 is 2. The quantitative estimate of drug-likeness (QED) is 0.898. The van der Waals surface area contributed by atoms with Crippen molar-refractivity contribution in [1.82, 2.24) is 15.1 Å². The predicted octanol–water partition coefficient (Wildman–Crippen LogP) is 1.29. The van der Waals surface area contributed by atoms with Crippen molar-refractivity contribution in [2.45, 2.75) is 13.0 Å². The molecule has 2 rings (SSSR count). The van der Waals surface area contributed by atoms with Crippen LogP contribution in [0.2, 0.25) is 0 Å². The van der Waals surface area contributed by atoms with Gasteiger partial charge in [-0.25, -0.2) is 4.68 Å². The molecule has 0 aliphatic rings. The van der Waals surface area contributed by atoms with Crippen molar-refractivity contribution < 1.29 is 14.3 Å². The Bertz CT molecular complexity index is 770. The molecule has 1 N–H and O–H groups in total. The van der Waals surface area contributed by atoms with Gasteiger partial charge in [-0.15, -0.1) is 0 Å². The van der Waals surface area contributed by atoms with Gasteiger partial charge in [0.25, 0.3) is 11.5 Å². The lowest BCUT2D eigenvalue weighted by atomic mass is 10.1. The first-order valence-corrected chi connectivity index (χ1v) is 7.03. The van der Waals surface area contributed by atoms with E-state index in [4.69, 9.17) is 9.47 Å². The highest BCUT2D eigenvalue weighted by Gasteiger charge is 2.17. The van der Waals surface area contributed by atoms with Gasteiger partial charge in [0, 0.05) is 18.7 Å². The molecule has 1 aromatic heterocycles. The van der Waals surface area contributed by atoms with Crippen LogP contribution < -0.4 is 20.3 Å². The first-order chi connectivity index (χ1) is 11.0. The van der Waals surface area contributed by atoms with Gasteiger partial charge in [-0.05, 0) is 31.2 Å². The topological polar surface area (TPSA) is 82.5 Å². The Morgan fingerprint density at radius 1 is 1.22 bits per heavy atom. The summed E-state index contributed by atoms with van der Waals surface area (Å²) in [4.78, 5) is 23.6. The molecule has 1 amide bonds. The molecular weight excluding hydrogens is 298 g/mol. The van der Waals surface area contributed by atoms with Crippen molar-refractivity contribution in [3.63, 3.8) is 0 Å². The summed E-state index contributed by atoms with van der Waals surface area (Å²) >= 11 is 0. The molecule has 1 aromatic carbocycles. The van der Waals surface area contributed by atoms with E-state index in [1.165, 1.54) is 19.2 Å². The van der Waals surface area contributed by atoms with Crippen LogP contribution in [0.4, 0.5) is 0 Å². The molecule has 0 saturated carbocycles. The van der Waals surface area contributed by atoms with E-state index in [0.717, 1.165) is 10.2 Å². The second kappa shape index (κ2) is 6.95. The van der Waals surface area contributed by atoms with Crippen LogP contribution >= 0.6 is 0 Å². The average molecular weight is 317 g/mol. The van der Waals surface area contributed by atoms with Gasteiger partial charge < -0.3 is 14.8 Å². The number of hydrogen-bond donors (Lipinski definition) is 1. The fourth-order valence-corrected chi connectivity index (χ4v) is 2.15. The highest BCUT2D eigenvalue weighted by atomic mass is 16.5. The minimum atomic E-state index is -0.377. The summed E-state index contributed by atoms with van der Waals surface area (Å²) in [7, 11) is 4.63. The monoisotopic (exact) mass is 317 g/mol. The number of aryl methyl sites for hydroxylation is 1. The molecule has 0 spiro atoms. The Balaban J connectivity index is 2.24. The Labute approximate surface area is 133 Å². The number of carbonyl (C=O) groups excluding carboxylic acids is 1. The van der Waals surface area contributed by atoms with Crippen molar-refractivity contribution in [3.8, 4) is 11.5 Å². The lowest BCUT2D eigenvalue weighted by molar-refractivity contribution is 0.0932. The maximum Gasteiger partial charge on any atom is 0.272 e. The van der Waals surface area contributed by atoms with E-state index < -0.39 is 0 Å². The maximum absolute atomic E-state index is 12.3. The molecule has 1 heterocycles. The normalized spacial score (nSPS) is 11.7. The fraction of sp³-hybridized carbons (Fsp3) is 0.312. The summed E-state index contributed by atoms with van der Waals surface area (Å²) in [5.74, 6) is 0.937. The van der Waals surface area contributed by atoms with E-state index >= 15 is 0 Å². The van der Waals surface area contributed by atoms with Crippen LogP contribution in [0.15, 0.2) is 35.1 Å². The number of ether oxygens (including phenoxy) is 2. The van der Waals surface area contributed by atoms with E-state index in [1.54, 1.807) is 32.4 Å². The molecule has 0 bridgehead atoms. The second-order valence-electron chi connectivity index (χ2n) is 4.98. The third kappa shape index (κ3) is 3.68. The van der Waals surface area contributed by atoms with Gasteiger partial charge in [-0.3, -0.25) is 9.59 Å². The predicted molar refractivity (Wildman–Crippen MR) is 84.9 cm³/mol. The van der Waals surface area contributed by atoms with Gasteiger partial charge in [0.15, 0.2) is 0 Å². The zero-order valence-electron chi connectivity index (χ0n) is 13.5. The van der Waals surface area contributed by atoms with Crippen LogP contribution in [-0.2, 0) is 7.05 Å². The Hall–Kier alpha value is -2.83. The molecule has 0 aliphatic heterocycles. The molecule has 7 nitrogen and oxygen atoms in total. The maximum atomic E-state index is 12.3. The summed E-state index contributed by atoms with van der Waals surface area (Å²) in [6.07, 6.45) is 0. The SMILES string of the molecule is COc1ccc(OC)c(C(C)NC(=O)c2ccc(=O)n(C)n2)c1. The van der Waals surface area contributed by atoms with Crippen molar-refractivity contribution in [2.75, 3.05) is 14.2 Å². The molecule has 0 aliphatic carbocycles. The molecule has 7 heteroatoms. The number of hydrogen-bond acceptors (Lipinski definition) is 5. The average Bonchev–Trinajstić information content (AvgIpc) is 2.56. The van der Waals surface area contributed by atoms with Crippen molar-refractivity contribution in [3.05, 3.63) is 51.9 Å². The van der Waals surface area contributed by atoms with Gasteiger partial charge >= 0.3 is 0 Å². The standard InChI is InChI=1S/C16H19N3O4/c1-10(12-9-11(22-3)5-7-14(12)23-4)17-16(21)13-6-8-15(20)19(2)18-13/h5-10H,1-4H3,(H,17,21). The molecule has 2 aromatic rings. The van der Waals surface area contributed by atoms with Crippen LogP contribution in [0.3, 0.4) is 0 Å². The molecule has 1 atom stereocenters. The number of rotatable bonds is 5. The fourth-order valence-electron chi connectivity index (χ4n) is 2.15. The zero-order valence-corrected chi connectivity index (χ0v) is 13.5. The highest BCUT2D eigenvalue weighted by molar-refractivity contribution is 5.92. The highest BCUT2D eigenvalue weighted by Crippen LogP contribution is 2.29. The van der Waals surface area contributed by atoms with Crippen LogP contribution in [0.5, 0.6) is 11.5 Å². The first kappa shape index (κ1) is 16.5. The van der Waals surface area contributed by atoms with E-state index in [0.29, 0.717) is 11.5 Å². The van der Waals surface area contributed by atoms with Crippen molar-refractivity contribution in [2.24, 2.45) is 7.05 Å². The zero-order chi connectivity index (χ0) is 17.0. The Kier molecular flexibility index (Phi) is 5.00. The smallest absolute Gasteiger partial charge is 0.272 e. The Morgan fingerprint density at radius 2 is 1.96 bits per heavy atom. The summed E-state index contributed by atoms with van der Waals surface area (Å²) in [5.41, 5.74) is 0.676. The number of nitrogens with zero attached hydrogens (tertiary/aromatic N) is 2. The Morgan fingerprint density at radius 3 is 2.57 bits per heavy atom. The molecule has 0 radical (unpaired) electrons. The van der Waals surface area contributed by atoms with Crippen molar-refractivity contribution in [1.29, 1.82) is 0 Å². The molecule has 1 unspecified atom stereocenters. The van der Waals surface area contributed by atoms with E-state index in [-0.39, 0.29) is 23.2 Å². The number of aromatic nitrogens is 2. The van der Waals surface area contributed by atoms with Crippen LogP contribution in [0.1, 0.15) is 29.0 Å². The summed E-state index contributed by atoms with van der Waals surface area (Å²) in [5, 5.41) is 6.76. The number of nitrogens with one attached hydrogen (secondary N) is 1. The van der Waals surface area contributed by atoms with E-state index in [1.807, 2.05) is 6.92 Å². The molecule has 0 fully saturated rings. The third-order valence-electron chi connectivity index (χ3n) is 3.44. The van der Waals surface area contributed by atoms with E-state index in [2.05, 4.69) is 10.4 Å². The van der Waals surface area contributed by atoms with Gasteiger partial charge in [-0.2, -0.15) is 5.10 Å². The number of carbonyl (C=O) groups is 1. The van der Waals surface area contributed by atoms with Crippen LogP contribution in [0, 0.1) is 0 Å².